The Morgan fingerprint density at radius 1 is 1.40 bits per heavy atom. The molecule has 0 unspecified atom stereocenters. The average Bonchev–Trinajstić information content (AvgIpc) is 2.97. The molecule has 6 heteroatoms. The van der Waals surface area contributed by atoms with Crippen LogP contribution in [-0.4, -0.2) is 48.2 Å². The van der Waals surface area contributed by atoms with Gasteiger partial charge in [0.1, 0.15) is 0 Å². The molecule has 1 N–H and O–H groups in total. The van der Waals surface area contributed by atoms with Crippen molar-refractivity contribution in [2.24, 2.45) is 0 Å². The van der Waals surface area contributed by atoms with Crippen molar-refractivity contribution in [3.8, 4) is 0 Å². The monoisotopic (exact) mass is 279 g/mol. The number of rotatable bonds is 6. The molecule has 1 aromatic rings. The number of hydrogen-bond acceptors (Lipinski definition) is 5. The Morgan fingerprint density at radius 2 is 2.10 bits per heavy atom. The first-order valence-corrected chi connectivity index (χ1v) is 6.93. The highest BCUT2D eigenvalue weighted by molar-refractivity contribution is 5.57. The van der Waals surface area contributed by atoms with E-state index in [1.165, 1.54) is 25.0 Å². The molecule has 110 valence electrons. The zero-order valence-electron chi connectivity index (χ0n) is 11.8. The van der Waals surface area contributed by atoms with Crippen molar-refractivity contribution in [2.75, 3.05) is 38.1 Å². The van der Waals surface area contributed by atoms with Gasteiger partial charge in [0, 0.05) is 43.5 Å². The van der Waals surface area contributed by atoms with E-state index in [2.05, 4.69) is 4.90 Å². The van der Waals surface area contributed by atoms with Crippen LogP contribution in [0.25, 0.3) is 0 Å². The SMILES string of the molecule is CN(CCN1CCCC1)c1ccc([N+](=O)[O-])cc1CO. The number of benzene rings is 1. The van der Waals surface area contributed by atoms with Gasteiger partial charge >= 0.3 is 0 Å². The molecule has 1 aliphatic rings. The van der Waals surface area contributed by atoms with Gasteiger partial charge in [-0.15, -0.1) is 0 Å². The molecule has 0 aliphatic carbocycles. The van der Waals surface area contributed by atoms with Gasteiger partial charge < -0.3 is 14.9 Å². The molecule has 2 rings (SSSR count). The smallest absolute Gasteiger partial charge is 0.269 e. The summed E-state index contributed by atoms with van der Waals surface area (Å²) >= 11 is 0. The first-order chi connectivity index (χ1) is 9.61. The van der Waals surface area contributed by atoms with Crippen LogP contribution >= 0.6 is 0 Å². The minimum absolute atomic E-state index is 0.0192. The lowest BCUT2D eigenvalue weighted by Crippen LogP contribution is -2.31. The standard InChI is InChI=1S/C14H21N3O3/c1-15(8-9-16-6-2-3-7-16)14-5-4-13(17(19)20)10-12(14)11-18/h4-5,10,18H,2-3,6-9,11H2,1H3. The van der Waals surface area contributed by atoms with E-state index in [9.17, 15) is 15.2 Å². The molecule has 6 nitrogen and oxygen atoms in total. The van der Waals surface area contributed by atoms with Gasteiger partial charge in [-0.1, -0.05) is 0 Å². The van der Waals surface area contributed by atoms with Gasteiger partial charge in [0.25, 0.3) is 5.69 Å². The number of nitro benzene ring substituents is 1. The predicted molar refractivity (Wildman–Crippen MR) is 78.0 cm³/mol. The van der Waals surface area contributed by atoms with Crippen LogP contribution in [0.2, 0.25) is 0 Å². The third-order valence-corrected chi connectivity index (χ3v) is 3.81. The molecular weight excluding hydrogens is 258 g/mol. The second kappa shape index (κ2) is 6.67. The summed E-state index contributed by atoms with van der Waals surface area (Å²) in [6.45, 7) is 3.95. The zero-order valence-corrected chi connectivity index (χ0v) is 11.8. The van der Waals surface area contributed by atoms with Crippen LogP contribution in [0, 0.1) is 10.1 Å². The van der Waals surface area contributed by atoms with Crippen LogP contribution in [0.15, 0.2) is 18.2 Å². The molecule has 1 fully saturated rings. The third kappa shape index (κ3) is 3.46. The summed E-state index contributed by atoms with van der Waals surface area (Å²) in [5.74, 6) is 0. The first kappa shape index (κ1) is 14.7. The maximum absolute atomic E-state index is 10.8. The van der Waals surface area contributed by atoms with Crippen LogP contribution < -0.4 is 4.90 Å². The van der Waals surface area contributed by atoms with Crippen molar-refractivity contribution in [3.63, 3.8) is 0 Å². The lowest BCUT2D eigenvalue weighted by Gasteiger charge is -2.24. The van der Waals surface area contributed by atoms with E-state index in [1.54, 1.807) is 6.07 Å². The number of anilines is 1. The summed E-state index contributed by atoms with van der Waals surface area (Å²) in [6, 6.07) is 4.65. The number of likely N-dealkylation sites (N-methyl/N-ethyl adjacent to an activating group) is 1. The fourth-order valence-electron chi connectivity index (χ4n) is 2.60. The number of likely N-dealkylation sites (tertiary alicyclic amines) is 1. The normalized spacial score (nSPS) is 15.5. The summed E-state index contributed by atoms with van der Waals surface area (Å²) in [5.41, 5.74) is 1.48. The van der Waals surface area contributed by atoms with Gasteiger partial charge in [-0.3, -0.25) is 10.1 Å². The van der Waals surface area contributed by atoms with E-state index >= 15 is 0 Å². The van der Waals surface area contributed by atoms with Crippen molar-refractivity contribution in [1.29, 1.82) is 0 Å². The number of nitro groups is 1. The first-order valence-electron chi connectivity index (χ1n) is 6.93. The van der Waals surface area contributed by atoms with E-state index in [1.807, 2.05) is 11.9 Å². The third-order valence-electron chi connectivity index (χ3n) is 3.81. The summed E-state index contributed by atoms with van der Waals surface area (Å²) in [6.07, 6.45) is 2.53. The second-order valence-corrected chi connectivity index (χ2v) is 5.20. The van der Waals surface area contributed by atoms with Crippen LogP contribution in [0.5, 0.6) is 0 Å². The summed E-state index contributed by atoms with van der Waals surface area (Å²) in [7, 11) is 1.95. The zero-order chi connectivity index (χ0) is 14.5. The highest BCUT2D eigenvalue weighted by Gasteiger charge is 2.15. The molecule has 0 saturated carbocycles. The van der Waals surface area contributed by atoms with Crippen molar-refractivity contribution in [3.05, 3.63) is 33.9 Å². The molecule has 0 radical (unpaired) electrons. The van der Waals surface area contributed by atoms with E-state index in [0.717, 1.165) is 31.9 Å². The molecule has 0 bridgehead atoms. The van der Waals surface area contributed by atoms with Crippen LogP contribution in [0.1, 0.15) is 18.4 Å². The molecule has 0 aromatic heterocycles. The van der Waals surface area contributed by atoms with Crippen molar-refractivity contribution < 1.29 is 10.0 Å². The van der Waals surface area contributed by atoms with Gasteiger partial charge in [-0.25, -0.2) is 0 Å². The minimum Gasteiger partial charge on any atom is -0.392 e. The molecule has 1 aromatic carbocycles. The summed E-state index contributed by atoms with van der Waals surface area (Å²) in [5, 5.41) is 20.1. The van der Waals surface area contributed by atoms with Crippen molar-refractivity contribution >= 4 is 11.4 Å². The van der Waals surface area contributed by atoms with Gasteiger partial charge in [-0.05, 0) is 32.0 Å². The molecule has 1 aliphatic heterocycles. The summed E-state index contributed by atoms with van der Waals surface area (Å²) in [4.78, 5) is 14.8. The Balaban J connectivity index is 2.04. The average molecular weight is 279 g/mol. The van der Waals surface area contributed by atoms with E-state index in [-0.39, 0.29) is 12.3 Å². The fourth-order valence-corrected chi connectivity index (χ4v) is 2.60. The Kier molecular flexibility index (Phi) is 4.92. The van der Waals surface area contributed by atoms with Gasteiger partial charge in [0.05, 0.1) is 11.5 Å². The van der Waals surface area contributed by atoms with Crippen LogP contribution in [-0.2, 0) is 6.61 Å². The van der Waals surface area contributed by atoms with Crippen LogP contribution in [0.4, 0.5) is 11.4 Å². The molecule has 0 spiro atoms. The molecule has 1 saturated heterocycles. The maximum Gasteiger partial charge on any atom is 0.269 e. The Bertz CT molecular complexity index is 473. The van der Waals surface area contributed by atoms with Gasteiger partial charge in [0.15, 0.2) is 0 Å². The largest absolute Gasteiger partial charge is 0.392 e. The molecule has 1 heterocycles. The Labute approximate surface area is 118 Å². The molecule has 0 atom stereocenters. The topological polar surface area (TPSA) is 69.9 Å². The summed E-state index contributed by atoms with van der Waals surface area (Å²) < 4.78 is 0. The quantitative estimate of drug-likeness (QED) is 0.633. The highest BCUT2D eigenvalue weighted by Crippen LogP contribution is 2.25. The fraction of sp³-hybridized carbons (Fsp3) is 0.571. The van der Waals surface area contributed by atoms with Crippen LogP contribution in [0.3, 0.4) is 0 Å². The highest BCUT2D eigenvalue weighted by atomic mass is 16.6. The van der Waals surface area contributed by atoms with E-state index in [4.69, 9.17) is 0 Å². The van der Waals surface area contributed by atoms with Gasteiger partial charge in [0.2, 0.25) is 0 Å². The number of aliphatic hydroxyl groups excluding tert-OH is 1. The number of non-ortho nitro benzene ring substituents is 1. The molecule has 0 amide bonds. The number of hydrogen-bond donors (Lipinski definition) is 1. The Hall–Kier alpha value is -1.66. The molecular formula is C14H21N3O3. The number of nitrogens with zero attached hydrogens (tertiary/aromatic N) is 3. The lowest BCUT2D eigenvalue weighted by molar-refractivity contribution is -0.384. The van der Waals surface area contributed by atoms with Crippen molar-refractivity contribution in [2.45, 2.75) is 19.4 Å². The second-order valence-electron chi connectivity index (χ2n) is 5.20. The van der Waals surface area contributed by atoms with Crippen molar-refractivity contribution in [1.82, 2.24) is 4.90 Å². The lowest BCUT2D eigenvalue weighted by atomic mass is 10.1. The molecule has 20 heavy (non-hydrogen) atoms. The number of aliphatic hydroxyl groups is 1. The predicted octanol–water partition coefficient (Wildman–Crippen LogP) is 1.62. The minimum atomic E-state index is -0.437. The maximum atomic E-state index is 10.8. The van der Waals surface area contributed by atoms with E-state index in [0.29, 0.717) is 5.56 Å². The van der Waals surface area contributed by atoms with E-state index < -0.39 is 4.92 Å². The van der Waals surface area contributed by atoms with Gasteiger partial charge in [-0.2, -0.15) is 0 Å². The Morgan fingerprint density at radius 3 is 2.70 bits per heavy atom.